The Balaban J connectivity index is 1.81. The highest BCUT2D eigenvalue weighted by atomic mass is 16.5. The van der Waals surface area contributed by atoms with Crippen LogP contribution in [0.2, 0.25) is 0 Å². The third-order valence-electron chi connectivity index (χ3n) is 5.61. The zero-order chi connectivity index (χ0) is 20.3. The third-order valence-corrected chi connectivity index (χ3v) is 5.61. The summed E-state index contributed by atoms with van der Waals surface area (Å²) in [4.78, 5) is 11.3. The minimum atomic E-state index is -0.833. The SMILES string of the molecule is COc1ccc(C(OCC2CC2C(=O)O)(c2ccccc2)c2ccccc2)cc1. The monoisotopic (exact) mass is 388 g/mol. The van der Waals surface area contributed by atoms with Crippen LogP contribution in [0.25, 0.3) is 0 Å². The molecular formula is C25H24O4. The molecule has 3 aromatic carbocycles. The van der Waals surface area contributed by atoms with Crippen molar-refractivity contribution in [3.63, 3.8) is 0 Å². The lowest BCUT2D eigenvalue weighted by molar-refractivity contribution is -0.139. The zero-order valence-corrected chi connectivity index (χ0v) is 16.3. The molecule has 1 saturated carbocycles. The first kappa shape index (κ1) is 19.2. The fourth-order valence-electron chi connectivity index (χ4n) is 3.89. The van der Waals surface area contributed by atoms with Crippen molar-refractivity contribution in [3.05, 3.63) is 102 Å². The van der Waals surface area contributed by atoms with E-state index >= 15 is 0 Å². The molecule has 1 aliphatic rings. The van der Waals surface area contributed by atoms with Gasteiger partial charge >= 0.3 is 5.97 Å². The molecule has 3 aromatic rings. The molecule has 1 fully saturated rings. The van der Waals surface area contributed by atoms with E-state index in [2.05, 4.69) is 24.3 Å². The van der Waals surface area contributed by atoms with Crippen LogP contribution in [0.4, 0.5) is 0 Å². The van der Waals surface area contributed by atoms with E-state index in [1.54, 1.807) is 7.11 Å². The van der Waals surface area contributed by atoms with Crippen molar-refractivity contribution in [3.8, 4) is 5.75 Å². The fourth-order valence-corrected chi connectivity index (χ4v) is 3.89. The molecule has 0 aliphatic heterocycles. The maximum atomic E-state index is 11.3. The number of aliphatic carboxylic acids is 1. The molecule has 148 valence electrons. The molecule has 4 nitrogen and oxygen atoms in total. The summed E-state index contributed by atoms with van der Waals surface area (Å²) in [6.07, 6.45) is 0.664. The van der Waals surface area contributed by atoms with E-state index in [-0.39, 0.29) is 11.8 Å². The van der Waals surface area contributed by atoms with Gasteiger partial charge in [-0.2, -0.15) is 0 Å². The molecule has 4 rings (SSSR count). The van der Waals surface area contributed by atoms with Crippen LogP contribution in [0.15, 0.2) is 84.9 Å². The van der Waals surface area contributed by atoms with Gasteiger partial charge in [-0.3, -0.25) is 4.79 Å². The van der Waals surface area contributed by atoms with Gasteiger partial charge in [-0.15, -0.1) is 0 Å². The van der Waals surface area contributed by atoms with E-state index < -0.39 is 11.6 Å². The lowest BCUT2D eigenvalue weighted by Crippen LogP contribution is -2.34. The van der Waals surface area contributed by atoms with E-state index in [0.717, 1.165) is 22.4 Å². The first-order chi connectivity index (χ1) is 14.1. The molecule has 2 unspecified atom stereocenters. The van der Waals surface area contributed by atoms with Gasteiger partial charge < -0.3 is 14.6 Å². The summed E-state index contributed by atoms with van der Waals surface area (Å²) in [5.74, 6) is -0.238. The quantitative estimate of drug-likeness (QED) is 0.567. The molecule has 0 bridgehead atoms. The minimum absolute atomic E-state index is 0.0394. The summed E-state index contributed by atoms with van der Waals surface area (Å²) >= 11 is 0. The minimum Gasteiger partial charge on any atom is -0.497 e. The molecule has 29 heavy (non-hydrogen) atoms. The molecule has 0 saturated heterocycles. The molecule has 1 aliphatic carbocycles. The van der Waals surface area contributed by atoms with E-state index in [9.17, 15) is 9.90 Å². The van der Waals surface area contributed by atoms with Crippen molar-refractivity contribution in [2.45, 2.75) is 12.0 Å². The van der Waals surface area contributed by atoms with Gasteiger partial charge in [0, 0.05) is 0 Å². The molecule has 2 atom stereocenters. The molecule has 1 N–H and O–H groups in total. The zero-order valence-electron chi connectivity index (χ0n) is 16.3. The predicted molar refractivity (Wildman–Crippen MR) is 111 cm³/mol. The summed E-state index contributed by atoms with van der Waals surface area (Å²) in [5, 5.41) is 9.29. The highest BCUT2D eigenvalue weighted by Crippen LogP contribution is 2.45. The molecule has 0 radical (unpaired) electrons. The number of carboxylic acids is 1. The van der Waals surface area contributed by atoms with Crippen LogP contribution >= 0.6 is 0 Å². The van der Waals surface area contributed by atoms with Gasteiger partial charge in [0.15, 0.2) is 0 Å². The Labute approximate surface area is 170 Å². The van der Waals surface area contributed by atoms with Crippen LogP contribution < -0.4 is 4.74 Å². The summed E-state index contributed by atoms with van der Waals surface area (Å²) in [5.41, 5.74) is 2.15. The van der Waals surface area contributed by atoms with Crippen molar-refractivity contribution in [2.75, 3.05) is 13.7 Å². The Hall–Kier alpha value is -3.11. The van der Waals surface area contributed by atoms with Gasteiger partial charge in [0.1, 0.15) is 11.4 Å². The van der Waals surface area contributed by atoms with Gasteiger partial charge in [-0.1, -0.05) is 72.8 Å². The van der Waals surface area contributed by atoms with Crippen LogP contribution in [0, 0.1) is 11.8 Å². The number of carboxylic acid groups (broad SMARTS) is 1. The Kier molecular flexibility index (Phi) is 5.36. The second-order valence-corrected chi connectivity index (χ2v) is 7.39. The number of benzene rings is 3. The average molecular weight is 388 g/mol. The second kappa shape index (κ2) is 8.10. The molecule has 0 spiro atoms. The van der Waals surface area contributed by atoms with E-state index in [4.69, 9.17) is 9.47 Å². The van der Waals surface area contributed by atoms with Gasteiger partial charge in [-0.05, 0) is 41.2 Å². The fraction of sp³-hybridized carbons (Fsp3) is 0.240. The summed E-state index contributed by atoms with van der Waals surface area (Å²) in [6.45, 7) is 0.382. The molecule has 0 heterocycles. The number of methoxy groups -OCH3 is 1. The van der Waals surface area contributed by atoms with Crippen LogP contribution in [0.5, 0.6) is 5.75 Å². The first-order valence-electron chi connectivity index (χ1n) is 9.77. The lowest BCUT2D eigenvalue weighted by Gasteiger charge is -2.36. The second-order valence-electron chi connectivity index (χ2n) is 7.39. The predicted octanol–water partition coefficient (Wildman–Crippen LogP) is 4.72. The summed E-state index contributed by atoms with van der Waals surface area (Å²) in [7, 11) is 1.65. The lowest BCUT2D eigenvalue weighted by atomic mass is 9.80. The summed E-state index contributed by atoms with van der Waals surface area (Å²) < 4.78 is 12.0. The van der Waals surface area contributed by atoms with Gasteiger partial charge in [0.05, 0.1) is 19.6 Å². The molecule has 0 amide bonds. The Morgan fingerprint density at radius 2 is 1.41 bits per heavy atom. The highest BCUT2D eigenvalue weighted by Gasteiger charge is 2.46. The van der Waals surface area contributed by atoms with Gasteiger partial charge in [-0.25, -0.2) is 0 Å². The normalized spacial score (nSPS) is 18.2. The average Bonchev–Trinajstić information content (AvgIpc) is 3.56. The number of ether oxygens (including phenoxy) is 2. The van der Waals surface area contributed by atoms with E-state index in [1.807, 2.05) is 60.7 Å². The van der Waals surface area contributed by atoms with Crippen LogP contribution in [-0.4, -0.2) is 24.8 Å². The van der Waals surface area contributed by atoms with Crippen LogP contribution in [0.1, 0.15) is 23.1 Å². The summed E-state index contributed by atoms with van der Waals surface area (Å²) in [6, 6.07) is 28.1. The maximum absolute atomic E-state index is 11.3. The van der Waals surface area contributed by atoms with Crippen LogP contribution in [-0.2, 0) is 15.1 Å². The first-order valence-corrected chi connectivity index (χ1v) is 9.77. The van der Waals surface area contributed by atoms with Gasteiger partial charge in [0.25, 0.3) is 0 Å². The third kappa shape index (κ3) is 3.76. The Morgan fingerprint density at radius 1 is 0.897 bits per heavy atom. The van der Waals surface area contributed by atoms with Crippen LogP contribution in [0.3, 0.4) is 0 Å². The van der Waals surface area contributed by atoms with Crippen molar-refractivity contribution in [1.29, 1.82) is 0 Å². The topological polar surface area (TPSA) is 55.8 Å². The van der Waals surface area contributed by atoms with E-state index in [1.165, 1.54) is 0 Å². The van der Waals surface area contributed by atoms with Gasteiger partial charge in [0.2, 0.25) is 0 Å². The Morgan fingerprint density at radius 3 is 1.86 bits per heavy atom. The smallest absolute Gasteiger partial charge is 0.306 e. The van der Waals surface area contributed by atoms with Crippen molar-refractivity contribution in [1.82, 2.24) is 0 Å². The Bertz CT molecular complexity index is 912. The highest BCUT2D eigenvalue weighted by molar-refractivity contribution is 5.73. The standard InChI is InChI=1S/C25H24O4/c1-28-22-14-12-21(13-15-22)25(19-8-4-2-5-9-19,20-10-6-3-7-11-20)29-17-18-16-23(18)24(26)27/h2-15,18,23H,16-17H2,1H3,(H,26,27). The van der Waals surface area contributed by atoms with Crippen molar-refractivity contribution in [2.24, 2.45) is 11.8 Å². The number of hydrogen-bond acceptors (Lipinski definition) is 3. The number of hydrogen-bond donors (Lipinski definition) is 1. The molecular weight excluding hydrogens is 364 g/mol. The largest absolute Gasteiger partial charge is 0.497 e. The number of carbonyl (C=O) groups is 1. The van der Waals surface area contributed by atoms with Crippen molar-refractivity contribution >= 4 is 5.97 Å². The number of rotatable bonds is 8. The van der Waals surface area contributed by atoms with E-state index in [0.29, 0.717) is 13.0 Å². The van der Waals surface area contributed by atoms with Crippen molar-refractivity contribution < 1.29 is 19.4 Å². The molecule has 0 aromatic heterocycles. The molecule has 4 heteroatoms. The maximum Gasteiger partial charge on any atom is 0.306 e.